The molecule has 1 aliphatic heterocycles. The number of alkyl halides is 1. The van der Waals surface area contributed by atoms with Crippen LogP contribution in [0.4, 0.5) is 0 Å². The van der Waals surface area contributed by atoms with E-state index < -0.39 is 10.0 Å². The highest BCUT2D eigenvalue weighted by Gasteiger charge is 2.33. The first-order chi connectivity index (χ1) is 8.55. The van der Waals surface area contributed by atoms with Gasteiger partial charge in [0.05, 0.1) is 3.79 Å². The van der Waals surface area contributed by atoms with Crippen molar-refractivity contribution < 1.29 is 8.42 Å². The Morgan fingerprint density at radius 3 is 2.78 bits per heavy atom. The van der Waals surface area contributed by atoms with Gasteiger partial charge in [0.15, 0.2) is 0 Å². The summed E-state index contributed by atoms with van der Waals surface area (Å²) in [5.41, 5.74) is 0. The zero-order valence-electron chi connectivity index (χ0n) is 9.81. The number of nitrogens with zero attached hydrogens (tertiary/aromatic N) is 1. The number of halogens is 2. The van der Waals surface area contributed by atoms with E-state index in [1.165, 1.54) is 11.3 Å². The molecule has 2 heterocycles. The van der Waals surface area contributed by atoms with Gasteiger partial charge in [0.1, 0.15) is 4.21 Å². The molecular formula is C11H15Br2NO2S2. The zero-order chi connectivity index (χ0) is 13.2. The third-order valence-corrected chi connectivity index (χ3v) is 7.63. The van der Waals surface area contributed by atoms with Gasteiger partial charge in [-0.05, 0) is 47.3 Å². The fourth-order valence-electron chi connectivity index (χ4n) is 2.26. The van der Waals surface area contributed by atoms with Gasteiger partial charge in [-0.25, -0.2) is 8.42 Å². The summed E-state index contributed by atoms with van der Waals surface area (Å²) in [6.45, 7) is 0.648. The number of rotatable bonds is 4. The molecule has 18 heavy (non-hydrogen) atoms. The van der Waals surface area contributed by atoms with Gasteiger partial charge in [0, 0.05) is 17.9 Å². The summed E-state index contributed by atoms with van der Waals surface area (Å²) in [5.74, 6) is 0. The Labute approximate surface area is 129 Å². The van der Waals surface area contributed by atoms with Crippen molar-refractivity contribution in [3.8, 4) is 0 Å². The SMILES string of the molecule is O=S(=O)(c1ccc(Br)s1)N1CCCCC1CCBr. The molecule has 1 aromatic heterocycles. The van der Waals surface area contributed by atoms with E-state index in [1.54, 1.807) is 16.4 Å². The number of hydrogen-bond acceptors (Lipinski definition) is 3. The molecule has 1 unspecified atom stereocenters. The molecule has 0 N–H and O–H groups in total. The van der Waals surface area contributed by atoms with E-state index in [4.69, 9.17) is 0 Å². The minimum atomic E-state index is -3.31. The fourth-order valence-corrected chi connectivity index (χ4v) is 6.65. The van der Waals surface area contributed by atoms with E-state index in [2.05, 4.69) is 31.9 Å². The van der Waals surface area contributed by atoms with E-state index in [-0.39, 0.29) is 6.04 Å². The monoisotopic (exact) mass is 415 g/mol. The summed E-state index contributed by atoms with van der Waals surface area (Å²) in [5, 5.41) is 0.845. The predicted molar refractivity (Wildman–Crippen MR) is 82.0 cm³/mol. The molecule has 1 aromatic rings. The van der Waals surface area contributed by atoms with E-state index in [0.29, 0.717) is 10.8 Å². The molecule has 3 nitrogen and oxygen atoms in total. The summed E-state index contributed by atoms with van der Waals surface area (Å²) in [4.78, 5) is 0. The van der Waals surface area contributed by atoms with Crippen molar-refractivity contribution >= 4 is 53.2 Å². The summed E-state index contributed by atoms with van der Waals surface area (Å²) in [6.07, 6.45) is 3.94. The maximum Gasteiger partial charge on any atom is 0.252 e. The third-order valence-electron chi connectivity index (χ3n) is 3.13. The van der Waals surface area contributed by atoms with E-state index in [9.17, 15) is 8.42 Å². The van der Waals surface area contributed by atoms with Crippen LogP contribution < -0.4 is 0 Å². The molecule has 0 radical (unpaired) electrons. The molecule has 0 saturated carbocycles. The first-order valence-electron chi connectivity index (χ1n) is 5.89. The van der Waals surface area contributed by atoms with Crippen molar-refractivity contribution in [2.75, 3.05) is 11.9 Å². The van der Waals surface area contributed by atoms with Gasteiger partial charge in [-0.1, -0.05) is 22.4 Å². The molecule has 0 bridgehead atoms. The molecule has 1 fully saturated rings. The number of piperidine rings is 1. The Morgan fingerprint density at radius 1 is 1.39 bits per heavy atom. The second-order valence-corrected chi connectivity index (χ2v) is 9.67. The summed E-state index contributed by atoms with van der Waals surface area (Å²) in [6, 6.07) is 3.62. The first kappa shape index (κ1) is 15.0. The Morgan fingerprint density at radius 2 is 2.17 bits per heavy atom. The lowest BCUT2D eigenvalue weighted by Crippen LogP contribution is -2.43. The van der Waals surface area contributed by atoms with Crippen molar-refractivity contribution in [3.05, 3.63) is 15.9 Å². The molecule has 2 rings (SSSR count). The van der Waals surface area contributed by atoms with Crippen molar-refractivity contribution in [2.45, 2.75) is 35.9 Å². The summed E-state index contributed by atoms with van der Waals surface area (Å²) >= 11 is 8.02. The normalized spacial score (nSPS) is 22.2. The molecule has 0 aliphatic carbocycles. The van der Waals surface area contributed by atoms with Gasteiger partial charge in [0.25, 0.3) is 10.0 Å². The van der Waals surface area contributed by atoms with Gasteiger partial charge in [-0.2, -0.15) is 4.31 Å². The lowest BCUT2D eigenvalue weighted by atomic mass is 10.0. The molecule has 0 amide bonds. The Bertz CT molecular complexity index is 499. The second-order valence-electron chi connectivity index (χ2n) is 4.30. The quantitative estimate of drug-likeness (QED) is 0.699. The van der Waals surface area contributed by atoms with Crippen molar-refractivity contribution in [1.29, 1.82) is 0 Å². The zero-order valence-corrected chi connectivity index (χ0v) is 14.6. The summed E-state index contributed by atoms with van der Waals surface area (Å²) < 4.78 is 28.2. The van der Waals surface area contributed by atoms with Gasteiger partial charge < -0.3 is 0 Å². The highest BCUT2D eigenvalue weighted by atomic mass is 79.9. The van der Waals surface area contributed by atoms with Crippen LogP contribution in [0.1, 0.15) is 25.7 Å². The highest BCUT2D eigenvalue weighted by molar-refractivity contribution is 9.11. The molecular weight excluding hydrogens is 402 g/mol. The van der Waals surface area contributed by atoms with Crippen LogP contribution in [0, 0.1) is 0 Å². The molecule has 0 aromatic carbocycles. The van der Waals surface area contributed by atoms with E-state index >= 15 is 0 Å². The standard InChI is InChI=1S/C11H15Br2NO2S2/c12-7-6-9-3-1-2-8-14(9)18(15,16)11-5-4-10(13)17-11/h4-5,9H,1-3,6-8H2. The molecule has 7 heteroatoms. The molecule has 102 valence electrons. The van der Waals surface area contributed by atoms with Crippen LogP contribution in [0.2, 0.25) is 0 Å². The average molecular weight is 417 g/mol. The highest BCUT2D eigenvalue weighted by Crippen LogP contribution is 2.32. The largest absolute Gasteiger partial charge is 0.252 e. The third kappa shape index (κ3) is 3.17. The smallest absolute Gasteiger partial charge is 0.206 e. The van der Waals surface area contributed by atoms with Gasteiger partial charge in [0.2, 0.25) is 0 Å². The van der Waals surface area contributed by atoms with Crippen LogP contribution in [0.25, 0.3) is 0 Å². The van der Waals surface area contributed by atoms with Gasteiger partial charge >= 0.3 is 0 Å². The lowest BCUT2D eigenvalue weighted by molar-refractivity contribution is 0.248. The van der Waals surface area contributed by atoms with Crippen LogP contribution >= 0.6 is 43.2 Å². The Hall–Kier alpha value is 0.570. The van der Waals surface area contributed by atoms with Crippen molar-refractivity contribution in [3.63, 3.8) is 0 Å². The van der Waals surface area contributed by atoms with E-state index in [0.717, 1.165) is 34.8 Å². The maximum absolute atomic E-state index is 12.6. The van der Waals surface area contributed by atoms with Gasteiger partial charge in [-0.3, -0.25) is 0 Å². The van der Waals surface area contributed by atoms with E-state index in [1.807, 2.05) is 0 Å². The van der Waals surface area contributed by atoms with Crippen LogP contribution in [0.5, 0.6) is 0 Å². The van der Waals surface area contributed by atoms with Crippen LogP contribution in [0.15, 0.2) is 20.1 Å². The molecule has 1 aliphatic rings. The van der Waals surface area contributed by atoms with Gasteiger partial charge in [-0.15, -0.1) is 11.3 Å². The summed E-state index contributed by atoms with van der Waals surface area (Å²) in [7, 11) is -3.31. The minimum Gasteiger partial charge on any atom is -0.206 e. The topological polar surface area (TPSA) is 37.4 Å². The van der Waals surface area contributed by atoms with Crippen LogP contribution in [-0.4, -0.2) is 30.6 Å². The van der Waals surface area contributed by atoms with Crippen molar-refractivity contribution in [1.82, 2.24) is 4.31 Å². The predicted octanol–water partition coefficient (Wildman–Crippen LogP) is 3.84. The fraction of sp³-hybridized carbons (Fsp3) is 0.636. The number of hydrogen-bond donors (Lipinski definition) is 0. The Kier molecular flexibility index (Phi) is 5.28. The molecule has 1 atom stereocenters. The Balaban J connectivity index is 2.27. The minimum absolute atomic E-state index is 0.143. The average Bonchev–Trinajstić information content (AvgIpc) is 2.78. The maximum atomic E-state index is 12.6. The molecule has 0 spiro atoms. The van der Waals surface area contributed by atoms with Crippen LogP contribution in [-0.2, 0) is 10.0 Å². The van der Waals surface area contributed by atoms with Crippen LogP contribution in [0.3, 0.4) is 0 Å². The molecule has 1 saturated heterocycles. The van der Waals surface area contributed by atoms with Crippen molar-refractivity contribution in [2.24, 2.45) is 0 Å². The first-order valence-corrected chi connectivity index (χ1v) is 10.1. The lowest BCUT2D eigenvalue weighted by Gasteiger charge is -2.34. The number of sulfonamides is 1. The number of thiophene rings is 1. The second kappa shape index (κ2) is 6.35.